The fraction of sp³-hybridized carbons (Fsp3) is 0.933. The van der Waals surface area contributed by atoms with Crippen LogP contribution in [-0.2, 0) is 19.0 Å². The van der Waals surface area contributed by atoms with Crippen LogP contribution >= 0.6 is 0 Å². The molecule has 1 saturated carbocycles. The van der Waals surface area contributed by atoms with Crippen LogP contribution in [0, 0.1) is 5.92 Å². The molecule has 0 radical (unpaired) electrons. The Labute approximate surface area is 128 Å². The Bertz CT molecular complexity index is 302. The van der Waals surface area contributed by atoms with E-state index in [-0.39, 0.29) is 5.97 Å². The Morgan fingerprint density at radius 3 is 2.14 bits per heavy atom. The molecule has 0 aliphatic heterocycles. The van der Waals surface area contributed by atoms with Gasteiger partial charge in [0.15, 0.2) is 0 Å². The fourth-order valence-corrected chi connectivity index (χ4v) is 2.77. The van der Waals surface area contributed by atoms with Gasteiger partial charge < -0.3 is 19.5 Å². The van der Waals surface area contributed by atoms with E-state index in [0.29, 0.717) is 25.7 Å². The summed E-state index contributed by atoms with van der Waals surface area (Å²) in [5, 5.41) is 3.39. The summed E-state index contributed by atoms with van der Waals surface area (Å²) in [6.07, 6.45) is 2.15. The van der Waals surface area contributed by atoms with E-state index in [2.05, 4.69) is 10.2 Å². The van der Waals surface area contributed by atoms with Crippen LogP contribution in [0.4, 0.5) is 0 Å². The molecule has 1 fully saturated rings. The highest BCUT2D eigenvalue weighted by molar-refractivity contribution is 5.82. The molecule has 0 spiro atoms. The smallest absolute Gasteiger partial charge is 0.327 e. The molecule has 1 rings (SSSR count). The summed E-state index contributed by atoms with van der Waals surface area (Å²) in [6.45, 7) is 6.22. The Morgan fingerprint density at radius 2 is 1.76 bits per heavy atom. The highest BCUT2D eigenvalue weighted by Gasteiger charge is 2.52. The van der Waals surface area contributed by atoms with Gasteiger partial charge in [-0.25, -0.2) is 4.79 Å². The first-order valence-corrected chi connectivity index (χ1v) is 7.68. The SMILES string of the molecule is CCNC(CN(CCOC)CCOC)(C(=O)OC)C1CC1. The molecule has 1 unspecified atom stereocenters. The van der Waals surface area contributed by atoms with Gasteiger partial charge >= 0.3 is 5.97 Å². The van der Waals surface area contributed by atoms with E-state index < -0.39 is 5.54 Å². The monoisotopic (exact) mass is 302 g/mol. The van der Waals surface area contributed by atoms with E-state index in [1.165, 1.54) is 7.11 Å². The average Bonchev–Trinajstić information content (AvgIpc) is 3.33. The minimum atomic E-state index is -0.606. The van der Waals surface area contributed by atoms with Gasteiger partial charge in [-0.2, -0.15) is 0 Å². The molecule has 6 nitrogen and oxygen atoms in total. The zero-order valence-electron chi connectivity index (χ0n) is 13.8. The van der Waals surface area contributed by atoms with Crippen LogP contribution < -0.4 is 5.32 Å². The molecule has 124 valence electrons. The quantitative estimate of drug-likeness (QED) is 0.530. The molecule has 0 aromatic heterocycles. The van der Waals surface area contributed by atoms with Crippen LogP contribution in [0.5, 0.6) is 0 Å². The molecule has 0 bridgehead atoms. The lowest BCUT2D eigenvalue weighted by atomic mass is 9.92. The molecule has 0 amide bonds. The average molecular weight is 302 g/mol. The van der Waals surface area contributed by atoms with Crippen LogP contribution in [0.3, 0.4) is 0 Å². The van der Waals surface area contributed by atoms with Gasteiger partial charge in [0, 0.05) is 33.9 Å². The Hall–Kier alpha value is -0.690. The van der Waals surface area contributed by atoms with E-state index in [4.69, 9.17) is 14.2 Å². The second-order valence-corrected chi connectivity index (χ2v) is 5.53. The van der Waals surface area contributed by atoms with Crippen LogP contribution in [0.2, 0.25) is 0 Å². The maximum atomic E-state index is 12.4. The standard InChI is InChI=1S/C15H30N2O4/c1-5-16-15(13-6-7-13,14(18)21-4)12-17(8-10-19-2)9-11-20-3/h13,16H,5-12H2,1-4H3. The highest BCUT2D eigenvalue weighted by Crippen LogP contribution is 2.41. The first kappa shape index (κ1) is 18.4. The lowest BCUT2D eigenvalue weighted by Gasteiger charge is -2.37. The largest absolute Gasteiger partial charge is 0.468 e. The topological polar surface area (TPSA) is 60.0 Å². The van der Waals surface area contributed by atoms with Gasteiger partial charge in [0.2, 0.25) is 0 Å². The number of methoxy groups -OCH3 is 3. The van der Waals surface area contributed by atoms with Crippen molar-refractivity contribution in [3.05, 3.63) is 0 Å². The van der Waals surface area contributed by atoms with Crippen molar-refractivity contribution >= 4 is 5.97 Å². The second-order valence-electron chi connectivity index (χ2n) is 5.53. The third-order valence-electron chi connectivity index (χ3n) is 4.01. The zero-order valence-corrected chi connectivity index (χ0v) is 13.8. The summed E-state index contributed by atoms with van der Waals surface area (Å²) in [5.74, 6) is 0.198. The molecule has 21 heavy (non-hydrogen) atoms. The van der Waals surface area contributed by atoms with Gasteiger partial charge in [-0.3, -0.25) is 4.90 Å². The summed E-state index contributed by atoms with van der Waals surface area (Å²) in [5.41, 5.74) is -0.606. The number of likely N-dealkylation sites (N-methyl/N-ethyl adjacent to an activating group) is 1. The molecule has 0 aromatic carbocycles. The molecular weight excluding hydrogens is 272 g/mol. The van der Waals surface area contributed by atoms with Crippen molar-refractivity contribution in [1.82, 2.24) is 10.2 Å². The Balaban J connectivity index is 2.80. The first-order chi connectivity index (χ1) is 10.1. The maximum Gasteiger partial charge on any atom is 0.327 e. The summed E-state index contributed by atoms with van der Waals surface area (Å²) < 4.78 is 15.4. The summed E-state index contributed by atoms with van der Waals surface area (Å²) >= 11 is 0. The predicted octanol–water partition coefficient (Wildman–Crippen LogP) is 0.513. The maximum absolute atomic E-state index is 12.4. The number of hydrogen-bond acceptors (Lipinski definition) is 6. The Morgan fingerprint density at radius 1 is 1.19 bits per heavy atom. The molecule has 6 heteroatoms. The highest BCUT2D eigenvalue weighted by atomic mass is 16.5. The van der Waals surface area contributed by atoms with Gasteiger partial charge in [-0.05, 0) is 25.3 Å². The summed E-state index contributed by atoms with van der Waals surface area (Å²) in [7, 11) is 4.84. The van der Waals surface area contributed by atoms with Gasteiger partial charge in [0.05, 0.1) is 20.3 Å². The van der Waals surface area contributed by atoms with Crippen molar-refractivity contribution in [2.24, 2.45) is 5.92 Å². The van der Waals surface area contributed by atoms with Gasteiger partial charge in [-0.1, -0.05) is 6.92 Å². The van der Waals surface area contributed by atoms with Gasteiger partial charge in [0.25, 0.3) is 0 Å². The van der Waals surface area contributed by atoms with Crippen LogP contribution in [-0.4, -0.2) is 77.1 Å². The van der Waals surface area contributed by atoms with E-state index in [0.717, 1.165) is 32.5 Å². The number of nitrogens with one attached hydrogen (secondary N) is 1. The van der Waals surface area contributed by atoms with Crippen molar-refractivity contribution in [1.29, 1.82) is 0 Å². The van der Waals surface area contributed by atoms with Crippen molar-refractivity contribution in [3.63, 3.8) is 0 Å². The predicted molar refractivity (Wildman–Crippen MR) is 81.3 cm³/mol. The van der Waals surface area contributed by atoms with Gasteiger partial charge in [0.1, 0.15) is 5.54 Å². The van der Waals surface area contributed by atoms with Crippen molar-refractivity contribution < 1.29 is 19.0 Å². The number of esters is 1. The molecule has 1 N–H and O–H groups in total. The van der Waals surface area contributed by atoms with Crippen LogP contribution in [0.25, 0.3) is 0 Å². The molecule has 1 atom stereocenters. The van der Waals surface area contributed by atoms with E-state index >= 15 is 0 Å². The molecule has 1 aliphatic rings. The minimum Gasteiger partial charge on any atom is -0.468 e. The number of hydrogen-bond donors (Lipinski definition) is 1. The minimum absolute atomic E-state index is 0.160. The normalized spacial score (nSPS) is 17.8. The molecule has 0 aromatic rings. The number of ether oxygens (including phenoxy) is 3. The lowest BCUT2D eigenvalue weighted by Crippen LogP contribution is -2.61. The third-order valence-corrected chi connectivity index (χ3v) is 4.01. The zero-order chi connectivity index (χ0) is 15.7. The molecule has 1 aliphatic carbocycles. The lowest BCUT2D eigenvalue weighted by molar-refractivity contribution is -0.151. The van der Waals surface area contributed by atoms with Gasteiger partial charge in [-0.15, -0.1) is 0 Å². The number of rotatable bonds is 12. The first-order valence-electron chi connectivity index (χ1n) is 7.68. The molecule has 0 heterocycles. The van der Waals surface area contributed by atoms with Crippen molar-refractivity contribution in [2.45, 2.75) is 25.3 Å². The van der Waals surface area contributed by atoms with E-state index in [1.807, 2.05) is 6.92 Å². The fourth-order valence-electron chi connectivity index (χ4n) is 2.77. The summed E-state index contributed by atoms with van der Waals surface area (Å²) in [4.78, 5) is 14.6. The molecule has 0 saturated heterocycles. The van der Waals surface area contributed by atoms with E-state index in [9.17, 15) is 4.79 Å². The van der Waals surface area contributed by atoms with E-state index in [1.54, 1.807) is 14.2 Å². The van der Waals surface area contributed by atoms with Crippen LogP contribution in [0.1, 0.15) is 19.8 Å². The van der Waals surface area contributed by atoms with Crippen molar-refractivity contribution in [3.8, 4) is 0 Å². The Kier molecular flexibility index (Phi) is 8.18. The number of carbonyl (C=O) groups excluding carboxylic acids is 1. The van der Waals surface area contributed by atoms with Crippen molar-refractivity contribution in [2.75, 3.05) is 60.7 Å². The van der Waals surface area contributed by atoms with Crippen LogP contribution in [0.15, 0.2) is 0 Å². The molecular formula is C15H30N2O4. The summed E-state index contributed by atoms with van der Waals surface area (Å²) in [6, 6.07) is 0. The number of nitrogens with zero attached hydrogens (tertiary/aromatic N) is 1. The third kappa shape index (κ3) is 5.21. The second kappa shape index (κ2) is 9.35. The number of carbonyl (C=O) groups is 1.